The van der Waals surface area contributed by atoms with Crippen molar-refractivity contribution in [2.75, 3.05) is 32.7 Å². The van der Waals surface area contributed by atoms with Crippen molar-refractivity contribution in [3.63, 3.8) is 0 Å². The number of nitrogens with zero attached hydrogens (tertiary/aromatic N) is 2. The molecule has 0 radical (unpaired) electrons. The number of nitrogens with two attached hydrogens (primary N) is 1. The molecule has 7 heteroatoms. The molecule has 3 aromatic rings. The van der Waals surface area contributed by atoms with E-state index < -0.39 is 5.91 Å². The van der Waals surface area contributed by atoms with E-state index in [4.69, 9.17) is 15.2 Å². The smallest absolute Gasteiger partial charge is 0.248 e. The zero-order chi connectivity index (χ0) is 22.8. The first-order chi connectivity index (χ1) is 15.4. The van der Waals surface area contributed by atoms with Crippen molar-refractivity contribution in [2.24, 2.45) is 10.7 Å². The summed E-state index contributed by atoms with van der Waals surface area (Å²) in [4.78, 5) is 30.5. The molecule has 4 rings (SSSR count). The van der Waals surface area contributed by atoms with Gasteiger partial charge in [0.05, 0.1) is 25.6 Å². The van der Waals surface area contributed by atoms with E-state index in [0.29, 0.717) is 28.3 Å². The lowest BCUT2D eigenvalue weighted by Gasteiger charge is -2.20. The lowest BCUT2D eigenvalue weighted by atomic mass is 9.94. The highest BCUT2D eigenvalue weighted by atomic mass is 16.5. The fraction of sp³-hybridized carbons (Fsp3) is 0.160. The molecule has 2 amide bonds. The number of likely N-dealkylation sites (N-methyl/N-ethyl adjacent to an activating group) is 1. The number of ether oxygens (including phenoxy) is 2. The van der Waals surface area contributed by atoms with Crippen LogP contribution in [0.3, 0.4) is 0 Å². The summed E-state index contributed by atoms with van der Waals surface area (Å²) in [6.07, 6.45) is 0. The minimum atomic E-state index is -0.522. The molecule has 1 aliphatic heterocycles. The Morgan fingerprint density at radius 1 is 0.969 bits per heavy atom. The van der Waals surface area contributed by atoms with E-state index in [9.17, 15) is 9.59 Å². The van der Waals surface area contributed by atoms with E-state index in [1.54, 1.807) is 44.4 Å². The lowest BCUT2D eigenvalue weighted by Crippen LogP contribution is -2.27. The summed E-state index contributed by atoms with van der Waals surface area (Å²) in [5.74, 6) is 0.709. The normalized spacial score (nSPS) is 13.2. The number of carbonyl (C=O) groups excluding carboxylic acids is 2. The first kappa shape index (κ1) is 21.1. The van der Waals surface area contributed by atoms with Gasteiger partial charge in [-0.3, -0.25) is 14.6 Å². The molecule has 7 nitrogen and oxygen atoms in total. The zero-order valence-electron chi connectivity index (χ0n) is 18.1. The number of anilines is 1. The molecule has 0 fully saturated rings. The van der Waals surface area contributed by atoms with Crippen molar-refractivity contribution in [3.05, 3.63) is 77.4 Å². The second-order valence-corrected chi connectivity index (χ2v) is 7.36. The topological polar surface area (TPSA) is 94.2 Å². The highest BCUT2D eigenvalue weighted by Gasteiger charge is 2.24. The Bertz CT molecular complexity index is 1250. The number of methoxy groups -OCH3 is 2. The van der Waals surface area contributed by atoms with Crippen molar-refractivity contribution in [1.29, 1.82) is 0 Å². The van der Waals surface area contributed by atoms with Crippen LogP contribution in [0, 0.1) is 0 Å². The summed E-state index contributed by atoms with van der Waals surface area (Å²) >= 11 is 0. The van der Waals surface area contributed by atoms with E-state index in [1.807, 2.05) is 42.5 Å². The maximum absolute atomic E-state index is 12.6. The van der Waals surface area contributed by atoms with Gasteiger partial charge in [0.1, 0.15) is 18.0 Å². The van der Waals surface area contributed by atoms with Crippen LogP contribution in [0.4, 0.5) is 5.69 Å². The number of rotatable bonds is 5. The molecule has 0 unspecified atom stereocenters. The molecule has 0 atom stereocenters. The number of aliphatic imine (C=N–C) groups is 1. The number of hydrogen-bond donors (Lipinski definition) is 1. The largest absolute Gasteiger partial charge is 0.497 e. The van der Waals surface area contributed by atoms with Crippen LogP contribution in [0.2, 0.25) is 0 Å². The molecule has 162 valence electrons. The van der Waals surface area contributed by atoms with Gasteiger partial charge in [0.15, 0.2) is 0 Å². The number of hydrogen-bond acceptors (Lipinski definition) is 5. The van der Waals surface area contributed by atoms with Crippen LogP contribution in [0.1, 0.15) is 21.5 Å². The molecule has 0 spiro atoms. The summed E-state index contributed by atoms with van der Waals surface area (Å²) in [6, 6.07) is 18.4. The number of benzodiazepines with no additional fused rings is 1. The van der Waals surface area contributed by atoms with E-state index >= 15 is 0 Å². The number of fused-ring (bicyclic) bond motifs is 1. The summed E-state index contributed by atoms with van der Waals surface area (Å²) in [6.45, 7) is 0.00248. The first-order valence-corrected chi connectivity index (χ1v) is 10.0. The van der Waals surface area contributed by atoms with Crippen molar-refractivity contribution in [2.45, 2.75) is 0 Å². The second-order valence-electron chi connectivity index (χ2n) is 7.36. The first-order valence-electron chi connectivity index (χ1n) is 10.0. The van der Waals surface area contributed by atoms with Gasteiger partial charge in [-0.15, -0.1) is 0 Å². The fourth-order valence-corrected chi connectivity index (χ4v) is 3.76. The third-order valence-electron chi connectivity index (χ3n) is 5.50. The Labute approximate surface area is 186 Å². The van der Waals surface area contributed by atoms with Crippen LogP contribution in [0.15, 0.2) is 65.7 Å². The molecule has 1 aliphatic rings. The van der Waals surface area contributed by atoms with Crippen LogP contribution in [0.5, 0.6) is 11.5 Å². The van der Waals surface area contributed by atoms with Crippen molar-refractivity contribution >= 4 is 23.2 Å². The molecular formula is C25H23N3O4. The lowest BCUT2D eigenvalue weighted by molar-refractivity contribution is -0.116. The third kappa shape index (κ3) is 3.80. The van der Waals surface area contributed by atoms with Gasteiger partial charge >= 0.3 is 0 Å². The third-order valence-corrected chi connectivity index (χ3v) is 5.50. The van der Waals surface area contributed by atoms with Crippen molar-refractivity contribution < 1.29 is 19.1 Å². The van der Waals surface area contributed by atoms with Gasteiger partial charge in [-0.05, 0) is 42.0 Å². The van der Waals surface area contributed by atoms with E-state index in [-0.39, 0.29) is 12.5 Å². The van der Waals surface area contributed by atoms with Gasteiger partial charge in [-0.1, -0.05) is 18.2 Å². The Balaban J connectivity index is 1.91. The Morgan fingerprint density at radius 2 is 1.78 bits per heavy atom. The molecule has 0 aromatic heterocycles. The maximum Gasteiger partial charge on any atom is 0.248 e. The predicted molar refractivity (Wildman–Crippen MR) is 124 cm³/mol. The molecule has 2 N–H and O–H groups in total. The number of benzene rings is 3. The van der Waals surface area contributed by atoms with E-state index in [2.05, 4.69) is 4.99 Å². The van der Waals surface area contributed by atoms with Crippen LogP contribution in [-0.2, 0) is 4.79 Å². The van der Waals surface area contributed by atoms with Crippen molar-refractivity contribution in [1.82, 2.24) is 0 Å². The monoisotopic (exact) mass is 429 g/mol. The molecule has 3 aromatic carbocycles. The molecular weight excluding hydrogens is 406 g/mol. The quantitative estimate of drug-likeness (QED) is 0.673. The minimum absolute atomic E-state index is 0.00248. The predicted octanol–water partition coefficient (Wildman–Crippen LogP) is 3.28. The molecule has 0 aliphatic carbocycles. The number of primary amides is 1. The van der Waals surface area contributed by atoms with Crippen LogP contribution >= 0.6 is 0 Å². The molecule has 0 saturated carbocycles. The summed E-state index contributed by atoms with van der Waals surface area (Å²) in [5, 5.41) is 0. The van der Waals surface area contributed by atoms with Gasteiger partial charge in [0.25, 0.3) is 0 Å². The average molecular weight is 429 g/mol. The maximum atomic E-state index is 12.6. The van der Waals surface area contributed by atoms with Crippen LogP contribution in [0.25, 0.3) is 11.1 Å². The van der Waals surface area contributed by atoms with Crippen LogP contribution in [-0.4, -0.2) is 45.3 Å². The minimum Gasteiger partial charge on any atom is -0.497 e. The molecule has 0 bridgehead atoms. The van der Waals surface area contributed by atoms with Gasteiger partial charge < -0.3 is 20.1 Å². The standard InChI is InChI=1S/C25H23N3O4/c1-28-21-10-7-15(19-9-8-18(31-2)13-22(19)32-3)12-20(21)24(27-14-23(28)29)16-5-4-6-17(11-16)25(26)30/h4-13H,14H2,1-3H3,(H2,26,30). The zero-order valence-corrected chi connectivity index (χ0v) is 18.1. The van der Waals surface area contributed by atoms with Gasteiger partial charge in [-0.2, -0.15) is 0 Å². The number of amides is 2. The second kappa shape index (κ2) is 8.55. The summed E-state index contributed by atoms with van der Waals surface area (Å²) in [5.41, 5.74) is 10.5. The number of carbonyl (C=O) groups is 2. The molecule has 1 heterocycles. The average Bonchev–Trinajstić information content (AvgIpc) is 2.94. The SMILES string of the molecule is COc1ccc(-c2ccc3c(c2)C(c2cccc(C(N)=O)c2)=NCC(=O)N3C)c(OC)c1. The Kier molecular flexibility index (Phi) is 5.64. The molecule has 0 saturated heterocycles. The van der Waals surface area contributed by atoms with E-state index in [0.717, 1.165) is 22.4 Å². The van der Waals surface area contributed by atoms with Gasteiger partial charge in [0, 0.05) is 35.4 Å². The molecule has 32 heavy (non-hydrogen) atoms. The Hall–Kier alpha value is -4.13. The van der Waals surface area contributed by atoms with E-state index in [1.165, 1.54) is 0 Å². The summed E-state index contributed by atoms with van der Waals surface area (Å²) < 4.78 is 10.9. The Morgan fingerprint density at radius 3 is 2.50 bits per heavy atom. The van der Waals surface area contributed by atoms with Gasteiger partial charge in [0.2, 0.25) is 11.8 Å². The summed E-state index contributed by atoms with van der Waals surface area (Å²) in [7, 11) is 4.94. The van der Waals surface area contributed by atoms with Crippen LogP contribution < -0.4 is 20.1 Å². The fourth-order valence-electron chi connectivity index (χ4n) is 3.76. The highest BCUT2D eigenvalue weighted by Crippen LogP contribution is 2.37. The van der Waals surface area contributed by atoms with Crippen molar-refractivity contribution in [3.8, 4) is 22.6 Å². The van der Waals surface area contributed by atoms with Gasteiger partial charge in [-0.25, -0.2) is 0 Å². The highest BCUT2D eigenvalue weighted by molar-refractivity contribution is 6.20.